The maximum Gasteiger partial charge on any atom is 0.323 e. The fraction of sp³-hybridized carbons (Fsp3) is 0.525. The molecule has 2 aliphatic rings. The largest absolute Gasteiger partial charge is 0.490 e. The Morgan fingerprint density at radius 1 is 0.961 bits per heavy atom. The first-order chi connectivity index (χ1) is 24.6. The van der Waals surface area contributed by atoms with Gasteiger partial charge in [-0.25, -0.2) is 9.59 Å². The van der Waals surface area contributed by atoms with Crippen LogP contribution in [0.3, 0.4) is 0 Å². The lowest BCUT2D eigenvalue weighted by Crippen LogP contribution is -2.50. The first kappa shape index (κ1) is 37.9. The Labute approximate surface area is 302 Å². The zero-order valence-electron chi connectivity index (χ0n) is 30.5. The van der Waals surface area contributed by atoms with Crippen LogP contribution in [-0.4, -0.2) is 90.5 Å². The van der Waals surface area contributed by atoms with Crippen molar-refractivity contribution in [3.63, 3.8) is 0 Å². The molecule has 1 saturated carbocycles. The van der Waals surface area contributed by atoms with Crippen molar-refractivity contribution in [3.8, 4) is 5.75 Å². The van der Waals surface area contributed by atoms with E-state index in [1.807, 2.05) is 56.3 Å². The van der Waals surface area contributed by atoms with Crippen molar-refractivity contribution in [1.29, 1.82) is 0 Å². The van der Waals surface area contributed by atoms with E-state index in [0.717, 1.165) is 55.7 Å². The fourth-order valence-electron chi connectivity index (χ4n) is 6.97. The molecule has 3 aromatic carbocycles. The van der Waals surface area contributed by atoms with Gasteiger partial charge in [-0.05, 0) is 75.6 Å². The molecule has 1 aliphatic heterocycles. The van der Waals surface area contributed by atoms with E-state index in [1.54, 1.807) is 42.0 Å². The minimum absolute atomic E-state index is 0.113. The number of urea groups is 2. The summed E-state index contributed by atoms with van der Waals surface area (Å²) in [4.78, 5) is 44.2. The highest BCUT2D eigenvalue weighted by atomic mass is 16.5. The van der Waals surface area contributed by atoms with E-state index in [0.29, 0.717) is 30.3 Å². The van der Waals surface area contributed by atoms with Gasteiger partial charge in [0.25, 0.3) is 5.91 Å². The molecule has 51 heavy (non-hydrogen) atoms. The van der Waals surface area contributed by atoms with Gasteiger partial charge in [0.15, 0.2) is 0 Å². The molecule has 0 bridgehead atoms. The third-order valence-corrected chi connectivity index (χ3v) is 10.1. The summed E-state index contributed by atoms with van der Waals surface area (Å²) in [5, 5.41) is 21.2. The predicted octanol–water partition coefficient (Wildman–Crippen LogP) is 7.25. The molecule has 0 spiro atoms. The summed E-state index contributed by atoms with van der Waals surface area (Å²) in [6.45, 7) is 6.72. The standard InChI is InChI=1S/C40H55N5O6/c1-27-24-45(28(2)26-46)38(47)34-23-32(41-39(48)43-35-19-12-15-30-14-8-9-18-33(30)35)20-21-36(34)51-29(3)13-10-11-22-50-37(27)25-44(4)40(49)42-31-16-6-5-7-17-31/h8-9,12,14-15,18-21,23,27-29,31,37,46H,5-7,10-11,13,16-17,22,24-26H2,1-4H3,(H,42,49)(H2,41,43,48)/t27-,28-,29-,37-/m0/s1. The maximum atomic E-state index is 14.5. The molecule has 276 valence electrons. The minimum atomic E-state index is -0.516. The minimum Gasteiger partial charge on any atom is -0.490 e. The SMILES string of the molecule is C[C@H]1CCCCO[C@@H](CN(C)C(=O)NC2CCCCC2)[C@@H](C)CN([C@@H](C)CO)C(=O)c2cc(NC(=O)Nc3cccc4ccccc34)ccc2O1. The van der Waals surface area contributed by atoms with E-state index >= 15 is 0 Å². The van der Waals surface area contributed by atoms with Crippen LogP contribution in [0.1, 0.15) is 82.5 Å². The highest BCUT2D eigenvalue weighted by molar-refractivity contribution is 6.07. The van der Waals surface area contributed by atoms with Crippen LogP contribution < -0.4 is 20.7 Å². The first-order valence-corrected chi connectivity index (χ1v) is 18.5. The molecule has 0 unspecified atom stereocenters. The summed E-state index contributed by atoms with van der Waals surface area (Å²) in [7, 11) is 1.79. The number of fused-ring (bicyclic) bond motifs is 2. The predicted molar refractivity (Wildman–Crippen MR) is 201 cm³/mol. The molecule has 3 aromatic rings. The average Bonchev–Trinajstić information content (AvgIpc) is 3.13. The normalized spacial score (nSPS) is 21.5. The van der Waals surface area contributed by atoms with Gasteiger partial charge in [-0.2, -0.15) is 0 Å². The van der Waals surface area contributed by atoms with Crippen LogP contribution >= 0.6 is 0 Å². The van der Waals surface area contributed by atoms with Crippen molar-refractivity contribution in [3.05, 3.63) is 66.2 Å². The molecule has 0 radical (unpaired) electrons. The van der Waals surface area contributed by atoms with Crippen molar-refractivity contribution >= 4 is 40.1 Å². The number of amides is 5. The summed E-state index contributed by atoms with van der Waals surface area (Å²) in [5.74, 6) is -0.0888. The number of nitrogens with zero attached hydrogens (tertiary/aromatic N) is 2. The van der Waals surface area contributed by atoms with Crippen molar-refractivity contribution in [2.75, 3.05) is 44.0 Å². The quantitative estimate of drug-likeness (QED) is 0.205. The molecule has 11 heteroatoms. The van der Waals surface area contributed by atoms with Gasteiger partial charge in [0.05, 0.1) is 36.1 Å². The van der Waals surface area contributed by atoms with Crippen LogP contribution in [0, 0.1) is 5.92 Å². The van der Waals surface area contributed by atoms with Gasteiger partial charge in [-0.15, -0.1) is 0 Å². The average molecular weight is 702 g/mol. The molecular weight excluding hydrogens is 646 g/mol. The number of carbonyl (C=O) groups excluding carboxylic acids is 3. The lowest BCUT2D eigenvalue weighted by molar-refractivity contribution is -0.0123. The summed E-state index contributed by atoms with van der Waals surface area (Å²) >= 11 is 0. The number of carbonyl (C=O) groups is 3. The monoisotopic (exact) mass is 701 g/mol. The second kappa shape index (κ2) is 18.2. The van der Waals surface area contributed by atoms with E-state index in [2.05, 4.69) is 16.0 Å². The van der Waals surface area contributed by atoms with Gasteiger partial charge in [0, 0.05) is 49.8 Å². The molecule has 4 atom stereocenters. The van der Waals surface area contributed by atoms with Crippen LogP contribution in [0.15, 0.2) is 60.7 Å². The molecule has 0 saturated heterocycles. The van der Waals surface area contributed by atoms with E-state index in [9.17, 15) is 19.5 Å². The number of hydrogen-bond donors (Lipinski definition) is 4. The molecule has 4 N–H and O–H groups in total. The number of hydrogen-bond acceptors (Lipinski definition) is 6. The van der Waals surface area contributed by atoms with Crippen molar-refractivity contribution in [1.82, 2.24) is 15.1 Å². The number of likely N-dealkylation sites (N-methyl/N-ethyl adjacent to an activating group) is 1. The molecule has 5 amide bonds. The van der Waals surface area contributed by atoms with E-state index in [-0.39, 0.29) is 54.8 Å². The Morgan fingerprint density at radius 2 is 1.71 bits per heavy atom. The molecule has 5 rings (SSSR count). The Hall–Kier alpha value is -4.35. The van der Waals surface area contributed by atoms with Gasteiger partial charge in [0.2, 0.25) is 0 Å². The highest BCUT2D eigenvalue weighted by Gasteiger charge is 2.31. The number of nitrogens with one attached hydrogen (secondary N) is 3. The number of aliphatic hydroxyl groups excluding tert-OH is 1. The van der Waals surface area contributed by atoms with Crippen LogP contribution in [0.5, 0.6) is 5.75 Å². The van der Waals surface area contributed by atoms with Gasteiger partial charge >= 0.3 is 12.1 Å². The van der Waals surface area contributed by atoms with Gasteiger partial charge in [0.1, 0.15) is 5.75 Å². The molecule has 11 nitrogen and oxygen atoms in total. The zero-order valence-corrected chi connectivity index (χ0v) is 30.5. The third kappa shape index (κ3) is 10.4. The molecule has 0 aromatic heterocycles. The Kier molecular flexibility index (Phi) is 13.5. The van der Waals surface area contributed by atoms with Crippen LogP contribution in [0.2, 0.25) is 0 Å². The van der Waals surface area contributed by atoms with E-state index < -0.39 is 12.1 Å². The first-order valence-electron chi connectivity index (χ1n) is 18.5. The number of ether oxygens (including phenoxy) is 2. The lowest BCUT2D eigenvalue weighted by Gasteiger charge is -2.36. The number of aliphatic hydroxyl groups is 1. The third-order valence-electron chi connectivity index (χ3n) is 10.1. The summed E-state index contributed by atoms with van der Waals surface area (Å²) < 4.78 is 12.8. The van der Waals surface area contributed by atoms with Crippen molar-refractivity contribution in [2.24, 2.45) is 5.92 Å². The molecule has 1 heterocycles. The fourth-order valence-corrected chi connectivity index (χ4v) is 6.97. The smallest absolute Gasteiger partial charge is 0.323 e. The molecular formula is C40H55N5O6. The summed E-state index contributed by atoms with van der Waals surface area (Å²) in [6, 6.07) is 17.7. The van der Waals surface area contributed by atoms with E-state index in [4.69, 9.17) is 9.47 Å². The van der Waals surface area contributed by atoms with Gasteiger partial charge < -0.3 is 40.3 Å². The number of anilines is 2. The molecule has 1 aliphatic carbocycles. The molecule has 1 fully saturated rings. The zero-order chi connectivity index (χ0) is 36.3. The van der Waals surface area contributed by atoms with Crippen molar-refractivity contribution < 1.29 is 29.0 Å². The Balaban J connectivity index is 1.36. The van der Waals surface area contributed by atoms with E-state index in [1.165, 1.54) is 6.42 Å². The van der Waals surface area contributed by atoms with Crippen LogP contribution in [0.25, 0.3) is 10.8 Å². The highest BCUT2D eigenvalue weighted by Crippen LogP contribution is 2.29. The number of rotatable bonds is 7. The topological polar surface area (TPSA) is 132 Å². The lowest BCUT2D eigenvalue weighted by atomic mass is 9.96. The number of benzene rings is 3. The van der Waals surface area contributed by atoms with Crippen LogP contribution in [0.4, 0.5) is 21.0 Å². The Bertz CT molecular complexity index is 1620. The maximum absolute atomic E-state index is 14.5. The van der Waals surface area contributed by atoms with Gasteiger partial charge in [-0.1, -0.05) is 62.6 Å². The van der Waals surface area contributed by atoms with Gasteiger partial charge in [-0.3, -0.25) is 4.79 Å². The summed E-state index contributed by atoms with van der Waals surface area (Å²) in [6.07, 6.45) is 7.41. The van der Waals surface area contributed by atoms with Crippen molar-refractivity contribution in [2.45, 2.75) is 96.4 Å². The van der Waals surface area contributed by atoms with Crippen LogP contribution in [-0.2, 0) is 4.74 Å². The second-order valence-corrected chi connectivity index (χ2v) is 14.3. The Morgan fingerprint density at radius 3 is 2.49 bits per heavy atom. The second-order valence-electron chi connectivity index (χ2n) is 14.3. The summed E-state index contributed by atoms with van der Waals surface area (Å²) in [5.41, 5.74) is 1.38.